The van der Waals surface area contributed by atoms with Gasteiger partial charge in [-0.25, -0.2) is 4.39 Å². The van der Waals surface area contributed by atoms with Crippen molar-refractivity contribution in [1.29, 1.82) is 0 Å². The van der Waals surface area contributed by atoms with E-state index in [2.05, 4.69) is 15.3 Å². The number of aromatic hydroxyl groups is 1. The lowest BCUT2D eigenvalue weighted by atomic mass is 10.0. The summed E-state index contributed by atoms with van der Waals surface area (Å²) in [5.41, 5.74) is 4.13. The van der Waals surface area contributed by atoms with Crippen LogP contribution in [0.3, 0.4) is 0 Å². The zero-order valence-electron chi connectivity index (χ0n) is 19.0. The molecule has 0 aliphatic rings. The molecule has 1 heterocycles. The van der Waals surface area contributed by atoms with Gasteiger partial charge in [-0.15, -0.1) is 0 Å². The van der Waals surface area contributed by atoms with Crippen molar-refractivity contribution in [2.45, 2.75) is 6.92 Å². The Balaban J connectivity index is 1.40. The molecule has 0 amide bonds. The Morgan fingerprint density at radius 2 is 1.94 bits per heavy atom. The number of anilines is 1. The molecular weight excluding hydrogens is 465 g/mol. The maximum Gasteiger partial charge on any atom is 0.185 e. The van der Waals surface area contributed by atoms with Gasteiger partial charge in [-0.2, -0.15) is 0 Å². The van der Waals surface area contributed by atoms with E-state index in [1.54, 1.807) is 37.5 Å². The highest BCUT2D eigenvalue weighted by molar-refractivity contribution is 6.31. The molecule has 0 unspecified atom stereocenters. The lowest BCUT2D eigenvalue weighted by Gasteiger charge is -2.08. The molecule has 0 aliphatic heterocycles. The fourth-order valence-corrected chi connectivity index (χ4v) is 3.77. The molecule has 4 aromatic rings. The van der Waals surface area contributed by atoms with E-state index in [1.807, 2.05) is 24.3 Å². The molecule has 0 bridgehead atoms. The topological polar surface area (TPSA) is 74.6 Å². The van der Waals surface area contributed by atoms with Gasteiger partial charge in [0.05, 0.1) is 12.1 Å². The number of rotatable bonds is 8. The quantitative estimate of drug-likeness (QED) is 0.129. The summed E-state index contributed by atoms with van der Waals surface area (Å²) >= 11 is 6.04. The summed E-state index contributed by atoms with van der Waals surface area (Å²) in [4.78, 5) is 21.1. The van der Waals surface area contributed by atoms with Crippen molar-refractivity contribution in [3.8, 4) is 5.75 Å². The number of phenolic OH excluding ortho intramolecular Hbond substituents is 1. The van der Waals surface area contributed by atoms with Crippen LogP contribution >= 0.6 is 11.6 Å². The normalized spacial score (nSPS) is 11.5. The molecule has 0 aliphatic carbocycles. The largest absolute Gasteiger partial charge is 0.507 e. The van der Waals surface area contributed by atoms with Gasteiger partial charge >= 0.3 is 0 Å². The molecule has 0 saturated carbocycles. The Hall–Kier alpha value is -4.03. The van der Waals surface area contributed by atoms with Gasteiger partial charge in [0.1, 0.15) is 11.6 Å². The number of nitrogens with one attached hydrogen (secondary N) is 1. The highest BCUT2D eigenvalue weighted by Crippen LogP contribution is 2.25. The molecule has 3 aromatic carbocycles. The molecule has 0 atom stereocenters. The predicted octanol–water partition coefficient (Wildman–Crippen LogP) is 6.47. The van der Waals surface area contributed by atoms with Gasteiger partial charge in [-0.3, -0.25) is 14.8 Å². The maximum absolute atomic E-state index is 13.1. The van der Waals surface area contributed by atoms with Crippen molar-refractivity contribution in [2.75, 3.05) is 18.4 Å². The number of pyridine rings is 1. The number of phenols is 1. The van der Waals surface area contributed by atoms with Gasteiger partial charge in [0, 0.05) is 46.2 Å². The number of hydrogen-bond donors (Lipinski definition) is 2. The zero-order valence-corrected chi connectivity index (χ0v) is 19.8. The van der Waals surface area contributed by atoms with Gasteiger partial charge in [0.25, 0.3) is 0 Å². The number of allylic oxidation sites excluding steroid dienone is 1. The van der Waals surface area contributed by atoms with Gasteiger partial charge < -0.3 is 10.4 Å². The average Bonchev–Trinajstić information content (AvgIpc) is 2.85. The van der Waals surface area contributed by atoms with E-state index in [-0.39, 0.29) is 11.5 Å². The second-order valence-electron chi connectivity index (χ2n) is 7.96. The number of carbonyl (C=O) groups excluding carboxylic acids is 1. The zero-order chi connectivity index (χ0) is 24.8. The number of aliphatic imine (C=N–C) groups is 1. The average molecular weight is 488 g/mol. The van der Waals surface area contributed by atoms with Gasteiger partial charge in [0.15, 0.2) is 5.78 Å². The smallest absolute Gasteiger partial charge is 0.185 e. The molecule has 0 radical (unpaired) electrons. The number of benzene rings is 3. The fraction of sp³-hybridized carbons (Fsp3) is 0.107. The minimum absolute atomic E-state index is 0.140. The first-order valence-electron chi connectivity index (χ1n) is 11.0. The summed E-state index contributed by atoms with van der Waals surface area (Å²) < 4.78 is 13.1. The standard InChI is InChI=1S/C28H23ClFN3O2/c1-18-14-19(2-9-27(34)20-3-6-23(30)7-4-20)15-21(28(18)35)17-31-12-13-33-25-10-11-32-26-16-22(29)5-8-24(25)26/h2-11,14-17,35H,12-13H2,1H3,(H,32,33)/b9-2+,31-17?. The third-order valence-electron chi connectivity index (χ3n) is 5.40. The number of nitrogens with zero attached hydrogens (tertiary/aromatic N) is 2. The lowest BCUT2D eigenvalue weighted by molar-refractivity contribution is 0.104. The maximum atomic E-state index is 13.1. The van der Waals surface area contributed by atoms with Gasteiger partial charge in [0.2, 0.25) is 0 Å². The Bertz CT molecular complexity index is 1430. The molecule has 2 N–H and O–H groups in total. The number of aromatic nitrogens is 1. The van der Waals surface area contributed by atoms with Gasteiger partial charge in [-0.1, -0.05) is 17.7 Å². The van der Waals surface area contributed by atoms with E-state index in [4.69, 9.17) is 11.6 Å². The second-order valence-corrected chi connectivity index (χ2v) is 8.40. The number of carbonyl (C=O) groups is 1. The van der Waals surface area contributed by atoms with Crippen LogP contribution in [0.25, 0.3) is 17.0 Å². The lowest BCUT2D eigenvalue weighted by Crippen LogP contribution is -2.05. The first-order chi connectivity index (χ1) is 16.9. The molecule has 7 heteroatoms. The van der Waals surface area contributed by atoms with Crippen molar-refractivity contribution in [3.63, 3.8) is 0 Å². The summed E-state index contributed by atoms with van der Waals surface area (Å²) in [6.45, 7) is 2.86. The summed E-state index contributed by atoms with van der Waals surface area (Å²) in [7, 11) is 0. The minimum Gasteiger partial charge on any atom is -0.507 e. The second kappa shape index (κ2) is 10.9. The molecule has 5 nitrogen and oxygen atoms in total. The third-order valence-corrected chi connectivity index (χ3v) is 5.63. The van der Waals surface area contributed by atoms with Gasteiger partial charge in [-0.05, 0) is 84.8 Å². The summed E-state index contributed by atoms with van der Waals surface area (Å²) in [6.07, 6.45) is 6.44. The SMILES string of the molecule is Cc1cc(/C=C/C(=O)c2ccc(F)cc2)cc(C=NCCNc2ccnc3cc(Cl)ccc23)c1O. The van der Waals surface area contributed by atoms with E-state index >= 15 is 0 Å². The number of halogens is 2. The van der Waals surface area contributed by atoms with Crippen molar-refractivity contribution >= 4 is 46.3 Å². The fourth-order valence-electron chi connectivity index (χ4n) is 3.61. The van der Waals surface area contributed by atoms with Crippen LogP contribution in [0.15, 0.2) is 77.9 Å². The van der Waals surface area contributed by atoms with Crippen LogP contribution in [-0.2, 0) is 0 Å². The predicted molar refractivity (Wildman–Crippen MR) is 140 cm³/mol. The van der Waals surface area contributed by atoms with E-state index < -0.39 is 5.82 Å². The number of hydrogen-bond acceptors (Lipinski definition) is 5. The van der Waals surface area contributed by atoms with Crippen molar-refractivity contribution in [2.24, 2.45) is 4.99 Å². The van der Waals surface area contributed by atoms with Crippen LogP contribution in [0.2, 0.25) is 5.02 Å². The van der Waals surface area contributed by atoms with Crippen LogP contribution in [0, 0.1) is 12.7 Å². The highest BCUT2D eigenvalue weighted by Gasteiger charge is 2.06. The Labute approximate surface area is 207 Å². The van der Waals surface area contributed by atoms with E-state index in [1.165, 1.54) is 30.3 Å². The molecule has 0 fully saturated rings. The number of ketones is 1. The van der Waals surface area contributed by atoms with Crippen molar-refractivity contribution in [3.05, 3.63) is 106 Å². The minimum atomic E-state index is -0.391. The monoisotopic (exact) mass is 487 g/mol. The number of fused-ring (bicyclic) bond motifs is 1. The Morgan fingerprint density at radius 3 is 2.74 bits per heavy atom. The molecule has 0 spiro atoms. The van der Waals surface area contributed by atoms with E-state index in [9.17, 15) is 14.3 Å². The summed E-state index contributed by atoms with van der Waals surface area (Å²) in [6, 6.07) is 16.4. The third kappa shape index (κ3) is 6.11. The van der Waals surface area contributed by atoms with Crippen LogP contribution in [0.1, 0.15) is 27.0 Å². The molecule has 0 saturated heterocycles. The molecule has 35 heavy (non-hydrogen) atoms. The molecule has 1 aromatic heterocycles. The van der Waals surface area contributed by atoms with Crippen LogP contribution in [0.5, 0.6) is 5.75 Å². The first-order valence-corrected chi connectivity index (χ1v) is 11.4. The van der Waals surface area contributed by atoms with E-state index in [0.717, 1.165) is 22.2 Å². The summed E-state index contributed by atoms with van der Waals surface area (Å²) in [5.74, 6) is -0.485. The van der Waals surface area contributed by atoms with Crippen molar-refractivity contribution < 1.29 is 14.3 Å². The molecular formula is C28H23ClFN3O2. The van der Waals surface area contributed by atoms with Crippen LogP contribution < -0.4 is 5.32 Å². The van der Waals surface area contributed by atoms with E-state index in [0.29, 0.717) is 34.8 Å². The van der Waals surface area contributed by atoms with Crippen LogP contribution in [-0.4, -0.2) is 35.2 Å². The molecule has 176 valence electrons. The Morgan fingerprint density at radius 1 is 1.14 bits per heavy atom. The summed E-state index contributed by atoms with van der Waals surface area (Å²) in [5, 5.41) is 15.4. The first kappa shape index (κ1) is 24.1. The number of aryl methyl sites for hydroxylation is 1. The molecule has 4 rings (SSSR count). The van der Waals surface area contributed by atoms with Crippen LogP contribution in [0.4, 0.5) is 10.1 Å². The Kier molecular flexibility index (Phi) is 7.53. The highest BCUT2D eigenvalue weighted by atomic mass is 35.5. The van der Waals surface area contributed by atoms with Crippen molar-refractivity contribution in [1.82, 2.24) is 4.98 Å².